The summed E-state index contributed by atoms with van der Waals surface area (Å²) in [7, 11) is 0. The van der Waals surface area contributed by atoms with Crippen molar-refractivity contribution in [2.75, 3.05) is 11.1 Å². The lowest BCUT2D eigenvalue weighted by Gasteiger charge is -2.08. The van der Waals surface area contributed by atoms with Crippen molar-refractivity contribution in [3.8, 4) is 11.5 Å². The molecule has 2 aromatic carbocycles. The molecule has 0 radical (unpaired) electrons. The van der Waals surface area contributed by atoms with E-state index in [1.807, 2.05) is 30.3 Å². The topological polar surface area (TPSA) is 84.1 Å². The van der Waals surface area contributed by atoms with Gasteiger partial charge in [0.2, 0.25) is 5.91 Å². The first-order chi connectivity index (χ1) is 13.7. The Kier molecular flexibility index (Phi) is 5.43. The van der Waals surface area contributed by atoms with Crippen LogP contribution in [0.1, 0.15) is 17.7 Å². The monoisotopic (exact) mass is 393 g/mol. The Labute approximate surface area is 166 Å². The third kappa shape index (κ3) is 4.43. The van der Waals surface area contributed by atoms with Gasteiger partial charge in [-0.1, -0.05) is 30.0 Å². The van der Waals surface area contributed by atoms with Crippen LogP contribution in [0.25, 0.3) is 0 Å². The van der Waals surface area contributed by atoms with Gasteiger partial charge >= 0.3 is 0 Å². The predicted molar refractivity (Wildman–Crippen MR) is 109 cm³/mol. The Bertz CT molecular complexity index is 1030. The average molecular weight is 393 g/mol. The van der Waals surface area contributed by atoms with E-state index in [-0.39, 0.29) is 17.2 Å². The molecule has 0 fully saturated rings. The van der Waals surface area contributed by atoms with Gasteiger partial charge in [0.15, 0.2) is 5.16 Å². The molecular formula is C21H19N3O3S. The first-order valence-electron chi connectivity index (χ1n) is 9.05. The summed E-state index contributed by atoms with van der Waals surface area (Å²) in [5, 5.41) is 3.33. The number of para-hydroxylation sites is 1. The van der Waals surface area contributed by atoms with Gasteiger partial charge in [0.25, 0.3) is 5.56 Å². The highest BCUT2D eigenvalue weighted by atomic mass is 32.2. The largest absolute Gasteiger partial charge is 0.457 e. The second-order valence-corrected chi connectivity index (χ2v) is 7.39. The third-order valence-electron chi connectivity index (χ3n) is 4.38. The molecule has 6 nitrogen and oxygen atoms in total. The number of H-pyrrole nitrogens is 1. The third-order valence-corrected chi connectivity index (χ3v) is 5.25. The molecule has 1 amide bonds. The van der Waals surface area contributed by atoms with Gasteiger partial charge < -0.3 is 15.0 Å². The molecule has 1 aliphatic rings. The number of thioether (sulfide) groups is 1. The van der Waals surface area contributed by atoms with Crippen molar-refractivity contribution in [3.63, 3.8) is 0 Å². The number of hydrogen-bond acceptors (Lipinski definition) is 5. The molecule has 142 valence electrons. The fraction of sp³-hybridized carbons (Fsp3) is 0.190. The zero-order valence-corrected chi connectivity index (χ0v) is 15.9. The maximum atomic E-state index is 12.2. The summed E-state index contributed by atoms with van der Waals surface area (Å²) in [6.07, 6.45) is 2.58. The van der Waals surface area contributed by atoms with Gasteiger partial charge in [0.1, 0.15) is 11.5 Å². The van der Waals surface area contributed by atoms with E-state index in [9.17, 15) is 9.59 Å². The number of aromatic nitrogens is 2. The quantitative estimate of drug-likeness (QED) is 0.492. The van der Waals surface area contributed by atoms with Crippen LogP contribution < -0.4 is 15.6 Å². The van der Waals surface area contributed by atoms with E-state index in [0.717, 1.165) is 36.3 Å². The van der Waals surface area contributed by atoms with E-state index in [2.05, 4.69) is 15.3 Å². The van der Waals surface area contributed by atoms with Crippen LogP contribution in [0.15, 0.2) is 64.5 Å². The molecule has 2 N–H and O–H groups in total. The zero-order chi connectivity index (χ0) is 19.3. The number of nitrogens with one attached hydrogen (secondary N) is 2. The highest BCUT2D eigenvalue weighted by molar-refractivity contribution is 7.99. The minimum Gasteiger partial charge on any atom is -0.457 e. The van der Waals surface area contributed by atoms with E-state index in [4.69, 9.17) is 4.74 Å². The minimum atomic E-state index is -0.162. The van der Waals surface area contributed by atoms with Crippen LogP contribution in [0.3, 0.4) is 0 Å². The number of amides is 1. The Morgan fingerprint density at radius 1 is 1.07 bits per heavy atom. The van der Waals surface area contributed by atoms with Crippen LogP contribution in [-0.4, -0.2) is 21.6 Å². The molecule has 3 aromatic rings. The van der Waals surface area contributed by atoms with Crippen LogP contribution >= 0.6 is 11.8 Å². The maximum Gasteiger partial charge on any atom is 0.254 e. The summed E-state index contributed by atoms with van der Waals surface area (Å²) in [6, 6.07) is 16.7. The fourth-order valence-electron chi connectivity index (χ4n) is 3.05. The number of aromatic amines is 1. The number of carbonyl (C=O) groups excluding carboxylic acids is 1. The lowest BCUT2D eigenvalue weighted by atomic mass is 10.3. The van der Waals surface area contributed by atoms with Crippen molar-refractivity contribution in [3.05, 3.63) is 76.2 Å². The fourth-order valence-corrected chi connectivity index (χ4v) is 3.73. The minimum absolute atomic E-state index is 0.0839. The van der Waals surface area contributed by atoms with Gasteiger partial charge in [-0.3, -0.25) is 9.59 Å². The van der Waals surface area contributed by atoms with Gasteiger partial charge in [0.05, 0.1) is 11.4 Å². The van der Waals surface area contributed by atoms with Gasteiger partial charge in [-0.05, 0) is 55.7 Å². The van der Waals surface area contributed by atoms with Gasteiger partial charge in [-0.2, -0.15) is 0 Å². The number of benzene rings is 2. The van der Waals surface area contributed by atoms with Crippen LogP contribution in [0.4, 0.5) is 5.69 Å². The molecular weight excluding hydrogens is 374 g/mol. The second kappa shape index (κ2) is 8.31. The number of nitrogens with zero attached hydrogens (tertiary/aromatic N) is 1. The van der Waals surface area contributed by atoms with Crippen LogP contribution in [0, 0.1) is 0 Å². The highest BCUT2D eigenvalue weighted by Crippen LogP contribution is 2.23. The first-order valence-corrected chi connectivity index (χ1v) is 10.0. The van der Waals surface area contributed by atoms with Crippen molar-refractivity contribution in [1.82, 2.24) is 9.97 Å². The lowest BCUT2D eigenvalue weighted by molar-refractivity contribution is -0.113. The molecule has 28 heavy (non-hydrogen) atoms. The number of aryl methyl sites for hydroxylation is 1. The normalized spacial score (nSPS) is 12.4. The molecule has 0 bridgehead atoms. The summed E-state index contributed by atoms with van der Waals surface area (Å²) in [5.74, 6) is 1.46. The standard InChI is InChI=1S/C21H19N3O3S/c25-19(13-28-21-23-18-8-4-7-17(18)20(26)24-21)22-14-9-11-16(12-10-14)27-15-5-2-1-3-6-15/h1-3,5-6,9-12H,4,7-8,13H2,(H,22,25)(H,23,24,26). The van der Waals surface area contributed by atoms with Gasteiger partial charge in [-0.25, -0.2) is 4.98 Å². The van der Waals surface area contributed by atoms with Crippen LogP contribution in [0.2, 0.25) is 0 Å². The molecule has 0 atom stereocenters. The number of hydrogen-bond donors (Lipinski definition) is 2. The molecule has 7 heteroatoms. The number of carbonyl (C=O) groups is 1. The van der Waals surface area contributed by atoms with Crippen molar-refractivity contribution in [2.24, 2.45) is 0 Å². The zero-order valence-electron chi connectivity index (χ0n) is 15.1. The Morgan fingerprint density at radius 3 is 2.61 bits per heavy atom. The van der Waals surface area contributed by atoms with E-state index in [1.165, 1.54) is 11.8 Å². The molecule has 0 aliphatic heterocycles. The summed E-state index contributed by atoms with van der Waals surface area (Å²) in [4.78, 5) is 31.4. The smallest absolute Gasteiger partial charge is 0.254 e. The SMILES string of the molecule is O=C(CSc1nc2c(c(=O)[nH]1)CCC2)Nc1ccc(Oc2ccccc2)cc1. The van der Waals surface area contributed by atoms with Crippen molar-refractivity contribution in [2.45, 2.75) is 24.4 Å². The number of fused-ring (bicyclic) bond motifs is 1. The number of anilines is 1. The van der Waals surface area contributed by atoms with Gasteiger partial charge in [0, 0.05) is 11.3 Å². The molecule has 0 unspecified atom stereocenters. The van der Waals surface area contributed by atoms with E-state index in [0.29, 0.717) is 16.6 Å². The predicted octanol–water partition coefficient (Wildman–Crippen LogP) is 3.78. The van der Waals surface area contributed by atoms with Crippen LogP contribution in [-0.2, 0) is 17.6 Å². The highest BCUT2D eigenvalue weighted by Gasteiger charge is 2.17. The molecule has 1 aromatic heterocycles. The van der Waals surface area contributed by atoms with Gasteiger partial charge in [-0.15, -0.1) is 0 Å². The summed E-state index contributed by atoms with van der Waals surface area (Å²) in [5.41, 5.74) is 2.24. The summed E-state index contributed by atoms with van der Waals surface area (Å²) >= 11 is 1.23. The molecule has 0 spiro atoms. The number of rotatable bonds is 6. The number of ether oxygens (including phenoxy) is 1. The molecule has 1 heterocycles. The lowest BCUT2D eigenvalue weighted by Crippen LogP contribution is -2.17. The molecule has 0 saturated heterocycles. The van der Waals surface area contributed by atoms with E-state index >= 15 is 0 Å². The first kappa shape index (κ1) is 18.3. The Balaban J connectivity index is 1.31. The summed E-state index contributed by atoms with van der Waals surface area (Å²) in [6.45, 7) is 0. The van der Waals surface area contributed by atoms with Crippen molar-refractivity contribution >= 4 is 23.4 Å². The van der Waals surface area contributed by atoms with Crippen LogP contribution in [0.5, 0.6) is 11.5 Å². The van der Waals surface area contributed by atoms with E-state index in [1.54, 1.807) is 24.3 Å². The Morgan fingerprint density at radius 2 is 1.82 bits per heavy atom. The Hall–Kier alpha value is -3.06. The average Bonchev–Trinajstić information content (AvgIpc) is 3.18. The second-order valence-electron chi connectivity index (χ2n) is 6.43. The van der Waals surface area contributed by atoms with E-state index < -0.39 is 0 Å². The summed E-state index contributed by atoms with van der Waals surface area (Å²) < 4.78 is 5.73. The molecule has 4 rings (SSSR count). The van der Waals surface area contributed by atoms with Crippen molar-refractivity contribution < 1.29 is 9.53 Å². The molecule has 0 saturated carbocycles. The maximum absolute atomic E-state index is 12.2. The molecule has 1 aliphatic carbocycles. The van der Waals surface area contributed by atoms with Crippen molar-refractivity contribution in [1.29, 1.82) is 0 Å².